The number of fused-ring (bicyclic) bond motifs is 1. The molecule has 6 heteroatoms. The smallest absolute Gasteiger partial charge is 0.249 e. The molecule has 3 aromatic rings. The van der Waals surface area contributed by atoms with Gasteiger partial charge in [-0.15, -0.1) is 0 Å². The maximum atomic E-state index is 13.8. The SMILES string of the molecule is FC(F)C1(c2cccc(-c3ccnc4[nH]ncc34)c2)CCNC1. The van der Waals surface area contributed by atoms with Gasteiger partial charge in [-0.1, -0.05) is 24.3 Å². The van der Waals surface area contributed by atoms with Crippen molar-refractivity contribution in [2.75, 3.05) is 13.1 Å². The van der Waals surface area contributed by atoms with Gasteiger partial charge in [0.05, 0.1) is 11.6 Å². The highest BCUT2D eigenvalue weighted by Gasteiger charge is 2.44. The molecular weight excluding hydrogens is 298 g/mol. The zero-order valence-electron chi connectivity index (χ0n) is 12.4. The van der Waals surface area contributed by atoms with Gasteiger partial charge in [-0.2, -0.15) is 5.10 Å². The lowest BCUT2D eigenvalue weighted by Crippen LogP contribution is -2.36. The zero-order valence-corrected chi connectivity index (χ0v) is 12.4. The molecule has 0 radical (unpaired) electrons. The number of benzene rings is 1. The molecule has 1 aromatic carbocycles. The summed E-state index contributed by atoms with van der Waals surface area (Å²) in [4.78, 5) is 4.22. The van der Waals surface area contributed by atoms with Crippen molar-refractivity contribution in [1.82, 2.24) is 20.5 Å². The van der Waals surface area contributed by atoms with Crippen molar-refractivity contribution in [2.45, 2.75) is 18.3 Å². The molecule has 23 heavy (non-hydrogen) atoms. The number of halogens is 2. The Kier molecular flexibility index (Phi) is 3.34. The van der Waals surface area contributed by atoms with Gasteiger partial charge in [-0.3, -0.25) is 5.10 Å². The van der Waals surface area contributed by atoms with Gasteiger partial charge in [0.2, 0.25) is 6.43 Å². The lowest BCUT2D eigenvalue weighted by Gasteiger charge is -2.28. The summed E-state index contributed by atoms with van der Waals surface area (Å²) >= 11 is 0. The predicted octanol–water partition coefficient (Wildman–Crippen LogP) is 3.12. The highest BCUT2D eigenvalue weighted by Crippen LogP contribution is 2.39. The molecule has 4 rings (SSSR count). The summed E-state index contributed by atoms with van der Waals surface area (Å²) in [5.74, 6) is 0. The van der Waals surface area contributed by atoms with Crippen molar-refractivity contribution < 1.29 is 8.78 Å². The third-order valence-corrected chi connectivity index (χ3v) is 4.71. The van der Waals surface area contributed by atoms with E-state index in [1.165, 1.54) is 0 Å². The highest BCUT2D eigenvalue weighted by atomic mass is 19.3. The summed E-state index contributed by atoms with van der Waals surface area (Å²) in [6.45, 7) is 0.932. The van der Waals surface area contributed by atoms with Crippen LogP contribution in [-0.4, -0.2) is 34.7 Å². The van der Waals surface area contributed by atoms with Gasteiger partial charge < -0.3 is 5.32 Å². The monoisotopic (exact) mass is 314 g/mol. The fourth-order valence-electron chi connectivity index (χ4n) is 3.37. The summed E-state index contributed by atoms with van der Waals surface area (Å²) in [7, 11) is 0. The Labute approximate surface area is 131 Å². The summed E-state index contributed by atoms with van der Waals surface area (Å²) in [5.41, 5.74) is 2.13. The number of aromatic nitrogens is 3. The molecule has 2 aromatic heterocycles. The van der Waals surface area contributed by atoms with Crippen molar-refractivity contribution in [3.63, 3.8) is 0 Å². The van der Waals surface area contributed by atoms with Crippen LogP contribution in [0.3, 0.4) is 0 Å². The molecule has 0 bridgehead atoms. The number of nitrogens with zero attached hydrogens (tertiary/aromatic N) is 2. The van der Waals surface area contributed by atoms with E-state index in [9.17, 15) is 8.78 Å². The second kappa shape index (κ2) is 5.38. The lowest BCUT2D eigenvalue weighted by molar-refractivity contribution is 0.0597. The molecule has 0 aliphatic carbocycles. The van der Waals surface area contributed by atoms with Crippen molar-refractivity contribution in [1.29, 1.82) is 0 Å². The van der Waals surface area contributed by atoms with E-state index in [1.54, 1.807) is 18.5 Å². The van der Waals surface area contributed by atoms with Crippen LogP contribution in [0.1, 0.15) is 12.0 Å². The number of H-pyrrole nitrogens is 1. The van der Waals surface area contributed by atoms with E-state index in [1.807, 2.05) is 24.3 Å². The summed E-state index contributed by atoms with van der Waals surface area (Å²) in [6.07, 6.45) is 1.47. The Morgan fingerprint density at radius 3 is 2.91 bits per heavy atom. The summed E-state index contributed by atoms with van der Waals surface area (Å²) in [5, 5.41) is 10.8. The first-order valence-corrected chi connectivity index (χ1v) is 7.58. The summed E-state index contributed by atoms with van der Waals surface area (Å²) < 4.78 is 27.5. The number of alkyl halides is 2. The Bertz CT molecular complexity index is 837. The van der Waals surface area contributed by atoms with Gasteiger partial charge in [0.1, 0.15) is 0 Å². The third kappa shape index (κ3) is 2.21. The van der Waals surface area contributed by atoms with Gasteiger partial charge in [0, 0.05) is 18.1 Å². The normalized spacial score (nSPS) is 21.3. The van der Waals surface area contributed by atoms with E-state index in [0.717, 1.165) is 16.5 Å². The van der Waals surface area contributed by atoms with Crippen molar-refractivity contribution in [3.05, 3.63) is 48.3 Å². The Morgan fingerprint density at radius 2 is 2.13 bits per heavy atom. The number of rotatable bonds is 3. The largest absolute Gasteiger partial charge is 0.316 e. The van der Waals surface area contributed by atoms with E-state index in [2.05, 4.69) is 20.5 Å². The van der Waals surface area contributed by atoms with Crippen molar-refractivity contribution in [3.8, 4) is 11.1 Å². The molecule has 3 heterocycles. The molecule has 2 N–H and O–H groups in total. The molecule has 0 spiro atoms. The van der Waals surface area contributed by atoms with Crippen molar-refractivity contribution >= 4 is 11.0 Å². The first-order valence-electron chi connectivity index (χ1n) is 7.58. The quantitative estimate of drug-likeness (QED) is 0.781. The van der Waals surface area contributed by atoms with E-state index in [0.29, 0.717) is 30.7 Å². The molecule has 0 saturated carbocycles. The highest BCUT2D eigenvalue weighted by molar-refractivity contribution is 5.92. The topological polar surface area (TPSA) is 53.6 Å². The maximum absolute atomic E-state index is 13.8. The molecule has 118 valence electrons. The van der Waals surface area contributed by atoms with Gasteiger partial charge >= 0.3 is 0 Å². The fraction of sp³-hybridized carbons (Fsp3) is 0.294. The Hall–Kier alpha value is -2.34. The number of aromatic amines is 1. The second-order valence-corrected chi connectivity index (χ2v) is 5.96. The Morgan fingerprint density at radius 1 is 1.22 bits per heavy atom. The van der Waals surface area contributed by atoms with Crippen LogP contribution in [0.5, 0.6) is 0 Å². The predicted molar refractivity (Wildman–Crippen MR) is 84.5 cm³/mol. The van der Waals surface area contributed by atoms with E-state index in [4.69, 9.17) is 0 Å². The average Bonchev–Trinajstić information content (AvgIpc) is 3.24. The fourth-order valence-corrected chi connectivity index (χ4v) is 3.37. The molecule has 0 amide bonds. The molecule has 1 saturated heterocycles. The number of pyridine rings is 1. The van der Waals surface area contributed by atoms with Gasteiger partial charge in [0.25, 0.3) is 0 Å². The van der Waals surface area contributed by atoms with Gasteiger partial charge in [-0.05, 0) is 35.7 Å². The van der Waals surface area contributed by atoms with Crippen LogP contribution in [-0.2, 0) is 5.41 Å². The van der Waals surface area contributed by atoms with E-state index < -0.39 is 11.8 Å². The molecule has 1 fully saturated rings. The van der Waals surface area contributed by atoms with Crippen LogP contribution in [0, 0.1) is 0 Å². The molecule has 1 atom stereocenters. The zero-order chi connectivity index (χ0) is 15.9. The molecule has 4 nitrogen and oxygen atoms in total. The summed E-state index contributed by atoms with van der Waals surface area (Å²) in [6, 6.07) is 9.35. The maximum Gasteiger partial charge on any atom is 0.249 e. The van der Waals surface area contributed by atoms with E-state index in [-0.39, 0.29) is 0 Å². The first kappa shape index (κ1) is 14.3. The molecular formula is C17H16F2N4. The second-order valence-electron chi connectivity index (χ2n) is 5.96. The lowest BCUT2D eigenvalue weighted by atomic mass is 9.79. The number of hydrogen-bond donors (Lipinski definition) is 2. The van der Waals surface area contributed by atoms with Crippen LogP contribution in [0.4, 0.5) is 8.78 Å². The average molecular weight is 314 g/mol. The van der Waals surface area contributed by atoms with Gasteiger partial charge in [-0.25, -0.2) is 13.8 Å². The third-order valence-electron chi connectivity index (χ3n) is 4.71. The van der Waals surface area contributed by atoms with E-state index >= 15 is 0 Å². The van der Waals surface area contributed by atoms with Crippen molar-refractivity contribution in [2.24, 2.45) is 0 Å². The molecule has 1 aliphatic rings. The number of hydrogen-bond acceptors (Lipinski definition) is 3. The van der Waals surface area contributed by atoms with Crippen LogP contribution < -0.4 is 5.32 Å². The van der Waals surface area contributed by atoms with Crippen LogP contribution in [0.2, 0.25) is 0 Å². The Balaban J connectivity index is 1.85. The minimum Gasteiger partial charge on any atom is -0.316 e. The minimum atomic E-state index is -2.39. The minimum absolute atomic E-state index is 0.311. The van der Waals surface area contributed by atoms with Gasteiger partial charge in [0.15, 0.2) is 5.65 Å². The van der Waals surface area contributed by atoms with Crippen LogP contribution >= 0.6 is 0 Å². The first-order chi connectivity index (χ1) is 11.2. The standard InChI is InChI=1S/C17H16F2N4/c18-16(19)17(5-7-20-10-17)12-3-1-2-11(8-12)13-4-6-21-15-14(13)9-22-23-15/h1-4,6,8-9,16,20H,5,7,10H2,(H,21,22,23). The molecule has 1 aliphatic heterocycles. The van der Waals surface area contributed by atoms with Crippen LogP contribution in [0.25, 0.3) is 22.2 Å². The number of nitrogens with one attached hydrogen (secondary N) is 2. The molecule has 1 unspecified atom stereocenters. The van der Waals surface area contributed by atoms with Crippen LogP contribution in [0.15, 0.2) is 42.7 Å².